The minimum atomic E-state index is -4.61. The lowest BCUT2D eigenvalue weighted by molar-refractivity contribution is -0.138. The predicted octanol–water partition coefficient (Wildman–Crippen LogP) is 5.24. The summed E-state index contributed by atoms with van der Waals surface area (Å²) in [5.41, 5.74) is -0.558. The number of ether oxygens (including phenoxy) is 3. The Morgan fingerprint density at radius 1 is 1.15 bits per heavy atom. The highest BCUT2D eigenvalue weighted by molar-refractivity contribution is 5.69. The summed E-state index contributed by atoms with van der Waals surface area (Å²) in [4.78, 5) is 16.5. The molecule has 180 valence electrons. The fraction of sp³-hybridized carbons (Fsp3) is 0.478. The topological polar surface area (TPSA) is 81.7 Å². The minimum absolute atomic E-state index is 0.0130. The number of aryl methyl sites for hydroxylation is 1. The predicted molar refractivity (Wildman–Crippen MR) is 117 cm³/mol. The van der Waals surface area contributed by atoms with Crippen molar-refractivity contribution in [3.8, 4) is 11.5 Å². The standard InChI is InChI=1S/C23H28F3N3O4/c1-22(2,3)33-21(30)29-17-9-8-16-20(17)15(23(24,25)26)11-19(28-16)27-12-13-6-7-14(31-4)10-18(13)32-5/h6-7,10-11,17H,8-9,12H2,1-5H3,(H,27,28)(H,29,30). The van der Waals surface area contributed by atoms with E-state index in [-0.39, 0.29) is 17.9 Å². The van der Waals surface area contributed by atoms with Crippen LogP contribution in [0.1, 0.15) is 55.6 Å². The molecule has 1 aromatic carbocycles. The van der Waals surface area contributed by atoms with Gasteiger partial charge in [0.2, 0.25) is 0 Å². The van der Waals surface area contributed by atoms with E-state index < -0.39 is 29.5 Å². The number of pyridine rings is 1. The lowest BCUT2D eigenvalue weighted by Crippen LogP contribution is -2.35. The summed E-state index contributed by atoms with van der Waals surface area (Å²) >= 11 is 0. The highest BCUT2D eigenvalue weighted by Crippen LogP contribution is 2.42. The zero-order valence-electron chi connectivity index (χ0n) is 19.2. The molecule has 1 aliphatic rings. The van der Waals surface area contributed by atoms with Crippen molar-refractivity contribution < 1.29 is 32.2 Å². The molecule has 0 bridgehead atoms. The largest absolute Gasteiger partial charge is 0.497 e. The summed E-state index contributed by atoms with van der Waals surface area (Å²) in [6, 6.07) is 5.35. The highest BCUT2D eigenvalue weighted by atomic mass is 19.4. The van der Waals surface area contributed by atoms with E-state index in [0.29, 0.717) is 30.0 Å². The van der Waals surface area contributed by atoms with Crippen LogP contribution in [0.3, 0.4) is 0 Å². The van der Waals surface area contributed by atoms with Crippen molar-refractivity contribution in [2.75, 3.05) is 19.5 Å². The first-order valence-corrected chi connectivity index (χ1v) is 10.5. The molecule has 1 aromatic heterocycles. The minimum Gasteiger partial charge on any atom is -0.497 e. The molecule has 0 aliphatic heterocycles. The molecule has 1 heterocycles. The second-order valence-corrected chi connectivity index (χ2v) is 8.68. The number of carbonyl (C=O) groups excluding carboxylic acids is 1. The summed E-state index contributed by atoms with van der Waals surface area (Å²) in [6.07, 6.45) is -4.76. The Labute approximate surface area is 190 Å². The molecule has 0 saturated carbocycles. The Kier molecular flexibility index (Phi) is 6.94. The monoisotopic (exact) mass is 467 g/mol. The van der Waals surface area contributed by atoms with Gasteiger partial charge in [-0.1, -0.05) is 0 Å². The van der Waals surface area contributed by atoms with E-state index in [9.17, 15) is 18.0 Å². The van der Waals surface area contributed by atoms with Crippen LogP contribution in [0.2, 0.25) is 0 Å². The summed E-state index contributed by atoms with van der Waals surface area (Å²) < 4.78 is 57.5. The van der Waals surface area contributed by atoms with Crippen molar-refractivity contribution in [1.82, 2.24) is 10.3 Å². The number of fused-ring (bicyclic) bond motifs is 1. The molecule has 33 heavy (non-hydrogen) atoms. The summed E-state index contributed by atoms with van der Waals surface area (Å²) in [5.74, 6) is 1.24. The van der Waals surface area contributed by atoms with Gasteiger partial charge in [0.15, 0.2) is 0 Å². The lowest BCUT2D eigenvalue weighted by Gasteiger charge is -2.23. The SMILES string of the molecule is COc1ccc(CNc2cc(C(F)(F)F)c3c(n2)CCC3NC(=O)OC(C)(C)C)c(OC)c1. The molecule has 7 nitrogen and oxygen atoms in total. The molecule has 0 saturated heterocycles. The molecular formula is C23H28F3N3O4. The van der Waals surface area contributed by atoms with E-state index >= 15 is 0 Å². The Morgan fingerprint density at radius 3 is 2.48 bits per heavy atom. The second kappa shape index (κ2) is 9.36. The van der Waals surface area contributed by atoms with Crippen molar-refractivity contribution in [3.63, 3.8) is 0 Å². The Balaban J connectivity index is 1.85. The maximum Gasteiger partial charge on any atom is 0.416 e. The molecule has 1 aliphatic carbocycles. The summed E-state index contributed by atoms with van der Waals surface area (Å²) in [5, 5.41) is 5.52. The van der Waals surface area contributed by atoms with Gasteiger partial charge < -0.3 is 24.8 Å². The van der Waals surface area contributed by atoms with Crippen LogP contribution in [-0.4, -0.2) is 30.9 Å². The molecule has 0 radical (unpaired) electrons. The molecule has 3 rings (SSSR count). The molecule has 10 heteroatoms. The summed E-state index contributed by atoms with van der Waals surface area (Å²) in [6.45, 7) is 5.27. The van der Waals surface area contributed by atoms with Gasteiger partial charge in [0.05, 0.1) is 25.8 Å². The Morgan fingerprint density at radius 2 is 1.88 bits per heavy atom. The molecule has 1 atom stereocenters. The first-order chi connectivity index (χ1) is 15.4. The number of benzene rings is 1. The normalized spacial score (nSPS) is 15.6. The fourth-order valence-corrected chi connectivity index (χ4v) is 3.72. The van der Waals surface area contributed by atoms with Crippen LogP contribution in [-0.2, 0) is 23.9 Å². The maximum atomic E-state index is 13.9. The number of carbonyl (C=O) groups is 1. The molecule has 0 spiro atoms. The molecule has 2 aromatic rings. The van der Waals surface area contributed by atoms with E-state index in [1.54, 1.807) is 39.0 Å². The van der Waals surface area contributed by atoms with Gasteiger partial charge in [-0.25, -0.2) is 9.78 Å². The molecule has 1 unspecified atom stereocenters. The van der Waals surface area contributed by atoms with Crippen molar-refractivity contribution in [3.05, 3.63) is 46.6 Å². The van der Waals surface area contributed by atoms with Gasteiger partial charge in [-0.05, 0) is 51.8 Å². The number of nitrogens with zero attached hydrogens (tertiary/aromatic N) is 1. The third-order valence-corrected chi connectivity index (χ3v) is 5.11. The summed E-state index contributed by atoms with van der Waals surface area (Å²) in [7, 11) is 3.04. The van der Waals surface area contributed by atoms with Gasteiger partial charge in [0, 0.05) is 29.4 Å². The second-order valence-electron chi connectivity index (χ2n) is 8.68. The zero-order chi connectivity index (χ0) is 24.4. The number of amides is 1. The average Bonchev–Trinajstić information content (AvgIpc) is 3.11. The van der Waals surface area contributed by atoms with Gasteiger partial charge in [-0.3, -0.25) is 0 Å². The lowest BCUT2D eigenvalue weighted by atomic mass is 10.0. The first kappa shape index (κ1) is 24.5. The number of hydrogen-bond acceptors (Lipinski definition) is 6. The van der Waals surface area contributed by atoms with Gasteiger partial charge in [-0.15, -0.1) is 0 Å². The third kappa shape index (κ3) is 6.00. The van der Waals surface area contributed by atoms with Gasteiger partial charge >= 0.3 is 12.3 Å². The highest BCUT2D eigenvalue weighted by Gasteiger charge is 2.40. The van der Waals surface area contributed by atoms with Crippen LogP contribution < -0.4 is 20.1 Å². The fourth-order valence-electron chi connectivity index (χ4n) is 3.72. The van der Waals surface area contributed by atoms with Crippen LogP contribution in [0.25, 0.3) is 0 Å². The Bertz CT molecular complexity index is 1020. The smallest absolute Gasteiger partial charge is 0.416 e. The third-order valence-electron chi connectivity index (χ3n) is 5.11. The van der Waals surface area contributed by atoms with Gasteiger partial charge in [-0.2, -0.15) is 13.2 Å². The number of methoxy groups -OCH3 is 2. The number of nitrogens with one attached hydrogen (secondary N) is 2. The average molecular weight is 467 g/mol. The van der Waals surface area contributed by atoms with E-state index in [2.05, 4.69) is 15.6 Å². The number of hydrogen-bond donors (Lipinski definition) is 2. The number of halogens is 3. The Hall–Kier alpha value is -3.17. The van der Waals surface area contributed by atoms with Crippen molar-refractivity contribution in [2.45, 2.75) is 58.0 Å². The molecular weight excluding hydrogens is 439 g/mol. The van der Waals surface area contributed by atoms with Crippen LogP contribution in [0, 0.1) is 0 Å². The van der Waals surface area contributed by atoms with Gasteiger partial charge in [0.1, 0.15) is 22.9 Å². The van der Waals surface area contributed by atoms with Crippen LogP contribution in [0.15, 0.2) is 24.3 Å². The van der Waals surface area contributed by atoms with Crippen molar-refractivity contribution >= 4 is 11.9 Å². The number of anilines is 1. The zero-order valence-corrected chi connectivity index (χ0v) is 19.2. The first-order valence-electron chi connectivity index (χ1n) is 10.5. The molecule has 1 amide bonds. The number of alkyl halides is 3. The molecule has 0 fully saturated rings. The number of rotatable bonds is 6. The van der Waals surface area contributed by atoms with Crippen LogP contribution >= 0.6 is 0 Å². The maximum absolute atomic E-state index is 13.9. The van der Waals surface area contributed by atoms with Crippen LogP contribution in [0.5, 0.6) is 11.5 Å². The van der Waals surface area contributed by atoms with E-state index in [4.69, 9.17) is 14.2 Å². The van der Waals surface area contributed by atoms with E-state index in [0.717, 1.165) is 11.6 Å². The number of aromatic nitrogens is 1. The van der Waals surface area contributed by atoms with Crippen LogP contribution in [0.4, 0.5) is 23.8 Å². The molecule has 2 N–H and O–H groups in total. The van der Waals surface area contributed by atoms with Crippen molar-refractivity contribution in [1.29, 1.82) is 0 Å². The van der Waals surface area contributed by atoms with Gasteiger partial charge in [0.25, 0.3) is 0 Å². The van der Waals surface area contributed by atoms with E-state index in [1.807, 2.05) is 0 Å². The number of alkyl carbamates (subject to hydrolysis) is 1. The van der Waals surface area contributed by atoms with E-state index in [1.165, 1.54) is 14.2 Å². The quantitative estimate of drug-likeness (QED) is 0.605. The van der Waals surface area contributed by atoms with Crippen molar-refractivity contribution in [2.24, 2.45) is 0 Å².